The zero-order chi connectivity index (χ0) is 19.2. The number of ether oxygens (including phenoxy) is 3. The van der Waals surface area contributed by atoms with Gasteiger partial charge in [-0.05, 0) is 22.4 Å². The zero-order valence-electron chi connectivity index (χ0n) is 14.6. The Labute approximate surface area is 155 Å². The Bertz CT molecular complexity index is 951. The first-order chi connectivity index (χ1) is 13.1. The molecule has 0 fully saturated rings. The minimum Gasteiger partial charge on any atom is -0.477 e. The van der Waals surface area contributed by atoms with E-state index in [1.165, 1.54) is 13.2 Å². The van der Waals surface area contributed by atoms with Crippen molar-refractivity contribution in [2.75, 3.05) is 7.11 Å². The second-order valence-corrected chi connectivity index (χ2v) is 5.74. The number of hydrogen-bond acceptors (Lipinski definition) is 5. The van der Waals surface area contributed by atoms with Crippen LogP contribution in [0.4, 0.5) is 0 Å². The van der Waals surface area contributed by atoms with Crippen molar-refractivity contribution in [2.45, 2.75) is 12.9 Å². The first-order valence-electron chi connectivity index (χ1n) is 8.25. The lowest BCUT2D eigenvalue weighted by molar-refractivity contribution is -0.173. The molecule has 0 saturated heterocycles. The fourth-order valence-corrected chi connectivity index (χ4v) is 2.68. The van der Waals surface area contributed by atoms with E-state index >= 15 is 0 Å². The van der Waals surface area contributed by atoms with Gasteiger partial charge in [-0.25, -0.2) is 9.59 Å². The summed E-state index contributed by atoms with van der Waals surface area (Å²) in [6, 6.07) is 19.6. The van der Waals surface area contributed by atoms with Gasteiger partial charge in [-0.15, -0.1) is 0 Å². The molecule has 0 amide bonds. The highest BCUT2D eigenvalue weighted by Crippen LogP contribution is 2.30. The summed E-state index contributed by atoms with van der Waals surface area (Å²) in [7, 11) is 1.26. The molecule has 6 heteroatoms. The van der Waals surface area contributed by atoms with Crippen molar-refractivity contribution in [1.82, 2.24) is 0 Å². The molecular formula is C21H18O6. The molecule has 0 heterocycles. The van der Waals surface area contributed by atoms with Gasteiger partial charge in [-0.3, -0.25) is 0 Å². The Kier molecular flexibility index (Phi) is 5.68. The van der Waals surface area contributed by atoms with Crippen LogP contribution in [0.2, 0.25) is 0 Å². The average molecular weight is 366 g/mol. The number of methoxy groups -OCH3 is 1. The van der Waals surface area contributed by atoms with Crippen LogP contribution in [0.5, 0.6) is 5.75 Å². The smallest absolute Gasteiger partial charge is 0.373 e. The third kappa shape index (κ3) is 4.24. The molecule has 138 valence electrons. The Morgan fingerprint density at radius 2 is 1.67 bits per heavy atom. The second kappa shape index (κ2) is 8.33. The van der Waals surface area contributed by atoms with Gasteiger partial charge in [-0.2, -0.15) is 0 Å². The fourth-order valence-electron chi connectivity index (χ4n) is 2.68. The van der Waals surface area contributed by atoms with Gasteiger partial charge in [0.25, 0.3) is 6.29 Å². The molecule has 3 aromatic carbocycles. The molecule has 0 saturated carbocycles. The number of fused-ring (bicyclic) bond motifs is 1. The van der Waals surface area contributed by atoms with Gasteiger partial charge in [0.2, 0.25) is 0 Å². The van der Waals surface area contributed by atoms with E-state index in [2.05, 4.69) is 0 Å². The Balaban J connectivity index is 1.90. The second-order valence-electron chi connectivity index (χ2n) is 5.74. The van der Waals surface area contributed by atoms with Gasteiger partial charge in [0.15, 0.2) is 0 Å². The lowest BCUT2D eigenvalue weighted by atomic mass is 10.0. The summed E-state index contributed by atoms with van der Waals surface area (Å²) in [5.41, 5.74) is 0.962. The van der Waals surface area contributed by atoms with E-state index in [4.69, 9.17) is 14.2 Å². The van der Waals surface area contributed by atoms with Gasteiger partial charge in [0.1, 0.15) is 11.3 Å². The zero-order valence-corrected chi connectivity index (χ0v) is 14.6. The number of aliphatic carboxylic acids is 1. The quantitative estimate of drug-likeness (QED) is 0.508. The monoisotopic (exact) mass is 366 g/mol. The van der Waals surface area contributed by atoms with Crippen molar-refractivity contribution in [3.63, 3.8) is 0 Å². The Morgan fingerprint density at radius 1 is 0.963 bits per heavy atom. The first kappa shape index (κ1) is 18.4. The van der Waals surface area contributed by atoms with E-state index in [0.29, 0.717) is 5.39 Å². The molecule has 0 aromatic heterocycles. The molecule has 3 aromatic rings. The molecule has 1 N–H and O–H groups in total. The number of benzene rings is 3. The van der Waals surface area contributed by atoms with E-state index in [1.54, 1.807) is 18.2 Å². The van der Waals surface area contributed by atoms with Crippen LogP contribution in [-0.4, -0.2) is 30.4 Å². The van der Waals surface area contributed by atoms with Crippen LogP contribution >= 0.6 is 0 Å². The Morgan fingerprint density at radius 3 is 2.37 bits per heavy atom. The molecular weight excluding hydrogens is 348 g/mol. The summed E-state index contributed by atoms with van der Waals surface area (Å²) in [4.78, 5) is 23.9. The van der Waals surface area contributed by atoms with Gasteiger partial charge in [0, 0.05) is 0 Å². The van der Waals surface area contributed by atoms with E-state index < -0.39 is 18.2 Å². The van der Waals surface area contributed by atoms with Crippen LogP contribution in [0.25, 0.3) is 10.8 Å². The molecule has 0 bridgehead atoms. The highest BCUT2D eigenvalue weighted by Gasteiger charge is 2.25. The molecule has 1 atom stereocenters. The molecule has 0 aliphatic rings. The molecule has 0 spiro atoms. The summed E-state index contributed by atoms with van der Waals surface area (Å²) in [5.74, 6) is -1.83. The number of carbonyl (C=O) groups is 2. The van der Waals surface area contributed by atoms with Crippen LogP contribution in [-0.2, 0) is 20.9 Å². The standard InChI is InChI=1S/C21H18O6/c1-25-20(24)18-16-10-6-5-9-15(16)11-12-17(18)27-21(19(22)23)26-13-14-7-3-2-4-8-14/h2-12,21H,13H2,1H3,(H,22,23)/t21-/m0/s1. The summed E-state index contributed by atoms with van der Waals surface area (Å²) in [6.45, 7) is 0.0545. The van der Waals surface area contributed by atoms with E-state index in [1.807, 2.05) is 42.5 Å². The SMILES string of the molecule is COC(=O)c1c(O[C@H](OCc2ccccc2)C(=O)O)ccc2ccccc12. The van der Waals surface area contributed by atoms with Crippen LogP contribution < -0.4 is 4.74 Å². The maximum atomic E-state index is 12.3. The molecule has 6 nitrogen and oxygen atoms in total. The summed E-state index contributed by atoms with van der Waals surface area (Å²) < 4.78 is 15.8. The third-order valence-corrected chi connectivity index (χ3v) is 3.96. The van der Waals surface area contributed by atoms with E-state index in [-0.39, 0.29) is 17.9 Å². The number of carboxylic acids is 1. The van der Waals surface area contributed by atoms with Crippen molar-refractivity contribution >= 4 is 22.7 Å². The fraction of sp³-hybridized carbons (Fsp3) is 0.143. The van der Waals surface area contributed by atoms with Gasteiger partial charge in [0.05, 0.1) is 13.7 Å². The van der Waals surface area contributed by atoms with Gasteiger partial charge in [-0.1, -0.05) is 60.7 Å². The highest BCUT2D eigenvalue weighted by molar-refractivity contribution is 6.07. The van der Waals surface area contributed by atoms with Crippen molar-refractivity contribution in [2.24, 2.45) is 0 Å². The van der Waals surface area contributed by atoms with Gasteiger partial charge < -0.3 is 19.3 Å². The van der Waals surface area contributed by atoms with E-state index in [0.717, 1.165) is 10.9 Å². The largest absolute Gasteiger partial charge is 0.477 e. The van der Waals surface area contributed by atoms with Crippen molar-refractivity contribution in [3.05, 3.63) is 77.9 Å². The van der Waals surface area contributed by atoms with Crippen LogP contribution in [0.1, 0.15) is 15.9 Å². The molecule has 0 aliphatic heterocycles. The van der Waals surface area contributed by atoms with Gasteiger partial charge >= 0.3 is 11.9 Å². The normalized spacial score (nSPS) is 11.7. The molecule has 27 heavy (non-hydrogen) atoms. The number of esters is 1. The highest BCUT2D eigenvalue weighted by atomic mass is 16.7. The average Bonchev–Trinajstić information content (AvgIpc) is 2.70. The lowest BCUT2D eigenvalue weighted by Gasteiger charge is -2.18. The molecule has 0 aliphatic carbocycles. The van der Waals surface area contributed by atoms with Crippen LogP contribution in [0.3, 0.4) is 0 Å². The minimum atomic E-state index is -1.57. The topological polar surface area (TPSA) is 82.1 Å². The number of carboxylic acid groups (broad SMARTS) is 1. The van der Waals surface area contributed by atoms with Crippen molar-refractivity contribution in [1.29, 1.82) is 0 Å². The predicted molar refractivity (Wildman–Crippen MR) is 98.6 cm³/mol. The van der Waals surface area contributed by atoms with Crippen LogP contribution in [0.15, 0.2) is 66.7 Å². The lowest BCUT2D eigenvalue weighted by Crippen LogP contribution is -2.30. The molecule has 3 rings (SSSR count). The van der Waals surface area contributed by atoms with Crippen LogP contribution in [0, 0.1) is 0 Å². The third-order valence-electron chi connectivity index (χ3n) is 3.96. The number of hydrogen-bond donors (Lipinski definition) is 1. The molecule has 0 unspecified atom stereocenters. The summed E-state index contributed by atoms with van der Waals surface area (Å²) >= 11 is 0. The van der Waals surface area contributed by atoms with Crippen molar-refractivity contribution < 1.29 is 28.9 Å². The maximum absolute atomic E-state index is 12.3. The predicted octanol–water partition coefficient (Wildman–Crippen LogP) is 3.63. The number of rotatable bonds is 7. The minimum absolute atomic E-state index is 0.0545. The maximum Gasteiger partial charge on any atom is 0.373 e. The summed E-state index contributed by atoms with van der Waals surface area (Å²) in [5, 5.41) is 10.9. The van der Waals surface area contributed by atoms with Crippen molar-refractivity contribution in [3.8, 4) is 5.75 Å². The molecule has 0 radical (unpaired) electrons. The first-order valence-corrected chi connectivity index (χ1v) is 8.25. The van der Waals surface area contributed by atoms with E-state index in [9.17, 15) is 14.7 Å². The summed E-state index contributed by atoms with van der Waals surface area (Å²) in [6.07, 6.45) is -1.57. The Hall–Kier alpha value is -3.38. The number of carbonyl (C=O) groups excluding carboxylic acids is 1.